The molecule has 2 rings (SSSR count). The molecule has 0 aromatic heterocycles. The molecule has 0 bridgehead atoms. The zero-order valence-electron chi connectivity index (χ0n) is 11.3. The number of hydrogen-bond donors (Lipinski definition) is 1. The first kappa shape index (κ1) is 15.3. The van der Waals surface area contributed by atoms with Gasteiger partial charge in [0.1, 0.15) is 5.75 Å². The maximum absolute atomic E-state index is 11.9. The molecule has 0 atom stereocenters. The molecule has 0 fully saturated rings. The summed E-state index contributed by atoms with van der Waals surface area (Å²) in [5.41, 5.74) is 2.05. The Morgan fingerprint density at radius 2 is 1.90 bits per heavy atom. The molecule has 0 radical (unpaired) electrons. The zero-order chi connectivity index (χ0) is 15.4. The second-order valence-electron chi connectivity index (χ2n) is 4.53. The first-order chi connectivity index (χ1) is 9.97. The molecule has 0 aliphatic rings. The summed E-state index contributed by atoms with van der Waals surface area (Å²) in [4.78, 5) is 22.8. The van der Waals surface area contributed by atoms with E-state index in [1.165, 1.54) is 18.2 Å². The molecule has 2 aromatic rings. The van der Waals surface area contributed by atoms with Crippen molar-refractivity contribution in [2.45, 2.75) is 13.3 Å². The van der Waals surface area contributed by atoms with Gasteiger partial charge in [-0.15, -0.1) is 0 Å². The number of aryl methyl sites for hydroxylation is 1. The largest absolute Gasteiger partial charge is 0.478 e. The third kappa shape index (κ3) is 3.92. The van der Waals surface area contributed by atoms with Gasteiger partial charge in [0.05, 0.1) is 16.5 Å². The summed E-state index contributed by atoms with van der Waals surface area (Å²) >= 11 is 3.20. The van der Waals surface area contributed by atoms with Gasteiger partial charge < -0.3 is 9.84 Å². The van der Waals surface area contributed by atoms with Crippen LogP contribution in [0.2, 0.25) is 0 Å². The van der Waals surface area contributed by atoms with Crippen molar-refractivity contribution in [3.05, 3.63) is 63.6 Å². The van der Waals surface area contributed by atoms with Crippen LogP contribution in [0.25, 0.3) is 0 Å². The zero-order valence-corrected chi connectivity index (χ0v) is 12.9. The van der Waals surface area contributed by atoms with E-state index in [0.717, 1.165) is 11.1 Å². The Bertz CT molecular complexity index is 694. The van der Waals surface area contributed by atoms with Gasteiger partial charge >= 0.3 is 11.9 Å². The van der Waals surface area contributed by atoms with E-state index in [1.807, 2.05) is 31.2 Å². The van der Waals surface area contributed by atoms with Crippen molar-refractivity contribution in [2.24, 2.45) is 0 Å². The summed E-state index contributed by atoms with van der Waals surface area (Å²) in [6.07, 6.45) is 0.166. The third-order valence-corrected chi connectivity index (χ3v) is 3.62. The van der Waals surface area contributed by atoms with Crippen LogP contribution in [0.4, 0.5) is 0 Å². The van der Waals surface area contributed by atoms with Gasteiger partial charge in [-0.2, -0.15) is 0 Å². The maximum Gasteiger partial charge on any atom is 0.335 e. The van der Waals surface area contributed by atoms with Crippen LogP contribution in [-0.4, -0.2) is 17.0 Å². The van der Waals surface area contributed by atoms with E-state index in [-0.39, 0.29) is 12.0 Å². The van der Waals surface area contributed by atoms with Crippen LogP contribution in [0.5, 0.6) is 5.75 Å². The van der Waals surface area contributed by atoms with Crippen molar-refractivity contribution in [1.82, 2.24) is 0 Å². The quantitative estimate of drug-likeness (QED) is 0.677. The second kappa shape index (κ2) is 6.54. The fraction of sp³-hybridized carbons (Fsp3) is 0.125. The molecule has 2 aromatic carbocycles. The topological polar surface area (TPSA) is 63.6 Å². The fourth-order valence-electron chi connectivity index (χ4n) is 1.84. The van der Waals surface area contributed by atoms with Crippen LogP contribution in [0.1, 0.15) is 21.5 Å². The van der Waals surface area contributed by atoms with E-state index in [4.69, 9.17) is 9.84 Å². The number of hydrogen-bond acceptors (Lipinski definition) is 3. The van der Waals surface area contributed by atoms with E-state index >= 15 is 0 Å². The van der Waals surface area contributed by atoms with Gasteiger partial charge in [0.25, 0.3) is 0 Å². The normalized spacial score (nSPS) is 10.2. The van der Waals surface area contributed by atoms with Gasteiger partial charge in [0.15, 0.2) is 0 Å². The van der Waals surface area contributed by atoms with Crippen molar-refractivity contribution < 1.29 is 19.4 Å². The lowest BCUT2D eigenvalue weighted by molar-refractivity contribution is -0.133. The van der Waals surface area contributed by atoms with Crippen molar-refractivity contribution in [3.8, 4) is 5.75 Å². The highest BCUT2D eigenvalue weighted by Crippen LogP contribution is 2.26. The van der Waals surface area contributed by atoms with Crippen molar-refractivity contribution in [1.29, 1.82) is 0 Å². The Hall–Kier alpha value is -2.14. The van der Waals surface area contributed by atoms with Gasteiger partial charge in [-0.25, -0.2) is 4.79 Å². The summed E-state index contributed by atoms with van der Waals surface area (Å²) in [5, 5.41) is 8.88. The minimum absolute atomic E-state index is 0.126. The highest BCUT2D eigenvalue weighted by molar-refractivity contribution is 9.10. The molecule has 5 heteroatoms. The Kier molecular flexibility index (Phi) is 4.75. The van der Waals surface area contributed by atoms with Crippen LogP contribution >= 0.6 is 15.9 Å². The number of esters is 1. The summed E-state index contributed by atoms with van der Waals surface area (Å²) in [7, 11) is 0. The number of rotatable bonds is 4. The van der Waals surface area contributed by atoms with E-state index in [2.05, 4.69) is 15.9 Å². The molecule has 0 aliphatic heterocycles. The number of carboxylic acid groups (broad SMARTS) is 1. The monoisotopic (exact) mass is 348 g/mol. The molecule has 1 N–H and O–H groups in total. The van der Waals surface area contributed by atoms with E-state index in [9.17, 15) is 9.59 Å². The number of carbonyl (C=O) groups is 2. The van der Waals surface area contributed by atoms with Gasteiger partial charge in [0.2, 0.25) is 0 Å². The lowest BCUT2D eigenvalue weighted by atomic mass is 10.1. The summed E-state index contributed by atoms with van der Waals surface area (Å²) in [5.74, 6) is -1.12. The molecular formula is C16H13BrO4. The Morgan fingerprint density at radius 3 is 2.52 bits per heavy atom. The number of aromatic carboxylic acids is 1. The third-order valence-electron chi connectivity index (χ3n) is 3.00. The standard InChI is InChI=1S/C16H13BrO4/c1-10-4-2-3-5-11(10)9-15(18)21-14-7-6-12(16(19)20)8-13(14)17/h2-8H,9H2,1H3,(H,19,20). The number of benzene rings is 2. The summed E-state index contributed by atoms with van der Waals surface area (Å²) in [6.45, 7) is 1.93. The van der Waals surface area contributed by atoms with Crippen LogP contribution in [-0.2, 0) is 11.2 Å². The molecule has 0 saturated carbocycles. The van der Waals surface area contributed by atoms with Crippen LogP contribution < -0.4 is 4.74 Å². The average molecular weight is 349 g/mol. The fourth-order valence-corrected chi connectivity index (χ4v) is 2.30. The molecular weight excluding hydrogens is 336 g/mol. The Labute approximate surface area is 130 Å². The average Bonchev–Trinajstić information content (AvgIpc) is 2.43. The second-order valence-corrected chi connectivity index (χ2v) is 5.38. The number of ether oxygens (including phenoxy) is 1. The van der Waals surface area contributed by atoms with E-state index in [0.29, 0.717) is 10.2 Å². The van der Waals surface area contributed by atoms with E-state index in [1.54, 1.807) is 0 Å². The van der Waals surface area contributed by atoms with Gasteiger partial charge in [-0.3, -0.25) is 4.79 Å². The van der Waals surface area contributed by atoms with Crippen molar-refractivity contribution in [3.63, 3.8) is 0 Å². The number of carboxylic acids is 1. The smallest absolute Gasteiger partial charge is 0.335 e. The molecule has 0 heterocycles. The molecule has 0 spiro atoms. The summed E-state index contributed by atoms with van der Waals surface area (Å²) in [6, 6.07) is 11.8. The molecule has 108 valence electrons. The minimum Gasteiger partial charge on any atom is -0.478 e. The van der Waals surface area contributed by atoms with Crippen LogP contribution in [0.3, 0.4) is 0 Å². The minimum atomic E-state index is -1.03. The van der Waals surface area contributed by atoms with Gasteiger partial charge in [0, 0.05) is 0 Å². The molecule has 4 nitrogen and oxygen atoms in total. The lowest BCUT2D eigenvalue weighted by Gasteiger charge is -2.08. The van der Waals surface area contributed by atoms with Crippen molar-refractivity contribution >= 4 is 27.9 Å². The molecule has 0 unspecified atom stereocenters. The Balaban J connectivity index is 2.10. The Morgan fingerprint density at radius 1 is 1.19 bits per heavy atom. The van der Waals surface area contributed by atoms with E-state index < -0.39 is 11.9 Å². The van der Waals surface area contributed by atoms with Crippen LogP contribution in [0.15, 0.2) is 46.9 Å². The number of carbonyl (C=O) groups excluding carboxylic acids is 1. The molecule has 21 heavy (non-hydrogen) atoms. The molecule has 0 aliphatic carbocycles. The lowest BCUT2D eigenvalue weighted by Crippen LogP contribution is -2.12. The van der Waals surface area contributed by atoms with Gasteiger partial charge in [-0.05, 0) is 52.2 Å². The summed E-state index contributed by atoms with van der Waals surface area (Å²) < 4.78 is 5.69. The molecule has 0 saturated heterocycles. The predicted octanol–water partition coefficient (Wildman–Crippen LogP) is 3.60. The van der Waals surface area contributed by atoms with Crippen molar-refractivity contribution in [2.75, 3.05) is 0 Å². The van der Waals surface area contributed by atoms with Crippen LogP contribution in [0, 0.1) is 6.92 Å². The molecule has 0 amide bonds. The first-order valence-electron chi connectivity index (χ1n) is 6.25. The van der Waals surface area contributed by atoms with Gasteiger partial charge in [-0.1, -0.05) is 24.3 Å². The first-order valence-corrected chi connectivity index (χ1v) is 7.04. The highest BCUT2D eigenvalue weighted by atomic mass is 79.9. The maximum atomic E-state index is 11.9. The predicted molar refractivity (Wildman–Crippen MR) is 81.6 cm³/mol. The highest BCUT2D eigenvalue weighted by Gasteiger charge is 2.12. The number of halogens is 1. The SMILES string of the molecule is Cc1ccccc1CC(=O)Oc1ccc(C(=O)O)cc1Br.